The quantitative estimate of drug-likeness (QED) is 0.637. The van der Waals surface area contributed by atoms with Gasteiger partial charge in [-0.2, -0.15) is 0 Å². The van der Waals surface area contributed by atoms with Crippen LogP contribution in [0.1, 0.15) is 51.0 Å². The van der Waals surface area contributed by atoms with E-state index in [1.54, 1.807) is 0 Å². The summed E-state index contributed by atoms with van der Waals surface area (Å²) < 4.78 is 1.18. The smallest absolute Gasteiger partial charge is 0.0178 e. The highest BCUT2D eigenvalue weighted by Gasteiger charge is 2.07. The Kier molecular flexibility index (Phi) is 8.36. The zero-order valence-corrected chi connectivity index (χ0v) is 13.3. The molecule has 1 aromatic rings. The number of halogens is 1. The molecule has 1 rings (SSSR count). The molecular formula is C16H26BrN. The number of unbranched alkanes of at least 4 members (excludes halogenated alkanes) is 4. The number of hydrogen-bond acceptors (Lipinski definition) is 1. The molecule has 1 unspecified atom stereocenters. The van der Waals surface area contributed by atoms with E-state index < -0.39 is 0 Å². The van der Waals surface area contributed by atoms with Gasteiger partial charge in [-0.3, -0.25) is 0 Å². The van der Waals surface area contributed by atoms with E-state index in [-0.39, 0.29) is 0 Å². The minimum atomic E-state index is 0.612. The lowest BCUT2D eigenvalue weighted by Crippen LogP contribution is -2.27. The van der Waals surface area contributed by atoms with E-state index in [1.165, 1.54) is 48.6 Å². The highest BCUT2D eigenvalue weighted by Crippen LogP contribution is 2.15. The molecule has 0 amide bonds. The van der Waals surface area contributed by atoms with Gasteiger partial charge in [0.15, 0.2) is 0 Å². The molecule has 0 aliphatic carbocycles. The molecule has 0 radical (unpaired) electrons. The van der Waals surface area contributed by atoms with Crippen LogP contribution in [-0.2, 0) is 6.42 Å². The molecule has 1 aromatic carbocycles. The summed E-state index contributed by atoms with van der Waals surface area (Å²) in [5, 5.41) is 3.45. The Balaban J connectivity index is 2.28. The van der Waals surface area contributed by atoms with Gasteiger partial charge in [0.1, 0.15) is 0 Å². The van der Waals surface area contributed by atoms with Crippen molar-refractivity contribution in [2.24, 2.45) is 0 Å². The first-order chi connectivity index (χ1) is 8.76. The van der Waals surface area contributed by atoms with Gasteiger partial charge in [0.2, 0.25) is 0 Å². The maximum Gasteiger partial charge on any atom is 0.0178 e. The van der Waals surface area contributed by atoms with E-state index in [2.05, 4.69) is 59.5 Å². The molecule has 1 nitrogen and oxygen atoms in total. The van der Waals surface area contributed by atoms with Crippen LogP contribution in [0.3, 0.4) is 0 Å². The van der Waals surface area contributed by atoms with Crippen LogP contribution < -0.4 is 5.32 Å². The fraction of sp³-hybridized carbons (Fsp3) is 0.625. The fourth-order valence-corrected chi connectivity index (χ4v) is 2.74. The Morgan fingerprint density at radius 2 is 1.94 bits per heavy atom. The maximum absolute atomic E-state index is 3.53. The third-order valence-corrected chi connectivity index (χ3v) is 3.93. The lowest BCUT2D eigenvalue weighted by atomic mass is 10.00. The summed E-state index contributed by atoms with van der Waals surface area (Å²) in [4.78, 5) is 0. The van der Waals surface area contributed by atoms with Gasteiger partial charge in [-0.05, 0) is 37.6 Å². The summed E-state index contributed by atoms with van der Waals surface area (Å²) in [6, 6.07) is 9.25. The second-order valence-corrected chi connectivity index (χ2v) is 5.94. The molecule has 0 saturated heterocycles. The van der Waals surface area contributed by atoms with Crippen LogP contribution in [0.4, 0.5) is 0 Å². The van der Waals surface area contributed by atoms with Crippen molar-refractivity contribution in [2.75, 3.05) is 7.05 Å². The van der Waals surface area contributed by atoms with Gasteiger partial charge in [0.25, 0.3) is 0 Å². The van der Waals surface area contributed by atoms with Crippen LogP contribution in [-0.4, -0.2) is 13.1 Å². The first kappa shape index (κ1) is 15.7. The predicted molar refractivity (Wildman–Crippen MR) is 84.1 cm³/mol. The molecule has 102 valence electrons. The molecule has 0 aliphatic heterocycles. The van der Waals surface area contributed by atoms with Crippen LogP contribution in [0.5, 0.6) is 0 Å². The van der Waals surface area contributed by atoms with Crippen molar-refractivity contribution in [1.82, 2.24) is 5.32 Å². The second-order valence-electron chi connectivity index (χ2n) is 5.02. The first-order valence-corrected chi connectivity index (χ1v) is 7.97. The zero-order chi connectivity index (χ0) is 13.2. The number of hydrogen-bond donors (Lipinski definition) is 1. The summed E-state index contributed by atoms with van der Waals surface area (Å²) in [6.45, 7) is 2.27. The molecule has 0 fully saturated rings. The molecule has 0 bridgehead atoms. The molecule has 0 aromatic heterocycles. The van der Waals surface area contributed by atoms with Gasteiger partial charge in [-0.1, -0.05) is 67.1 Å². The highest BCUT2D eigenvalue weighted by molar-refractivity contribution is 9.10. The molecule has 0 saturated carbocycles. The van der Waals surface area contributed by atoms with Crippen molar-refractivity contribution in [3.05, 3.63) is 34.3 Å². The lowest BCUT2D eigenvalue weighted by Gasteiger charge is -2.16. The van der Waals surface area contributed by atoms with Crippen molar-refractivity contribution >= 4 is 15.9 Å². The van der Waals surface area contributed by atoms with E-state index in [1.807, 2.05) is 0 Å². The summed E-state index contributed by atoms with van der Waals surface area (Å²) in [5.74, 6) is 0. The molecule has 0 spiro atoms. The minimum Gasteiger partial charge on any atom is -0.317 e. The number of likely N-dealkylation sites (N-methyl/N-ethyl adjacent to an activating group) is 1. The minimum absolute atomic E-state index is 0.612. The van der Waals surface area contributed by atoms with Gasteiger partial charge in [-0.25, -0.2) is 0 Å². The molecule has 1 N–H and O–H groups in total. The van der Waals surface area contributed by atoms with Crippen LogP contribution >= 0.6 is 15.9 Å². The van der Waals surface area contributed by atoms with Crippen LogP contribution in [0.25, 0.3) is 0 Å². The van der Waals surface area contributed by atoms with E-state index in [0.29, 0.717) is 6.04 Å². The third kappa shape index (κ3) is 6.55. The first-order valence-electron chi connectivity index (χ1n) is 7.18. The standard InChI is InChI=1S/C16H26BrN/c1-3-4-5-6-7-11-16(18-2)13-14-9-8-10-15(17)12-14/h8-10,12,16,18H,3-7,11,13H2,1-2H3. The molecular weight excluding hydrogens is 286 g/mol. The Hall–Kier alpha value is -0.340. The largest absolute Gasteiger partial charge is 0.317 e. The fourth-order valence-electron chi connectivity index (χ4n) is 2.29. The monoisotopic (exact) mass is 311 g/mol. The molecule has 0 heterocycles. The summed E-state index contributed by atoms with van der Waals surface area (Å²) >= 11 is 3.53. The molecule has 18 heavy (non-hydrogen) atoms. The van der Waals surface area contributed by atoms with Crippen molar-refractivity contribution in [2.45, 2.75) is 57.9 Å². The zero-order valence-electron chi connectivity index (χ0n) is 11.7. The van der Waals surface area contributed by atoms with Gasteiger partial charge in [-0.15, -0.1) is 0 Å². The van der Waals surface area contributed by atoms with Gasteiger partial charge in [0.05, 0.1) is 0 Å². The van der Waals surface area contributed by atoms with E-state index in [4.69, 9.17) is 0 Å². The second kappa shape index (κ2) is 9.57. The van der Waals surface area contributed by atoms with Crippen molar-refractivity contribution in [3.8, 4) is 0 Å². The Bertz CT molecular complexity index is 325. The Morgan fingerprint density at radius 3 is 2.61 bits per heavy atom. The molecule has 2 heteroatoms. The van der Waals surface area contributed by atoms with Crippen LogP contribution in [0.2, 0.25) is 0 Å². The predicted octanol–water partition coefficient (Wildman–Crippen LogP) is 4.94. The summed E-state index contributed by atoms with van der Waals surface area (Å²) in [6.07, 6.45) is 9.24. The SMILES string of the molecule is CCCCCCCC(Cc1cccc(Br)c1)NC. The Labute approximate surface area is 120 Å². The van der Waals surface area contributed by atoms with Gasteiger partial charge < -0.3 is 5.32 Å². The van der Waals surface area contributed by atoms with Crippen LogP contribution in [0, 0.1) is 0 Å². The summed E-state index contributed by atoms with van der Waals surface area (Å²) in [5.41, 5.74) is 1.41. The summed E-state index contributed by atoms with van der Waals surface area (Å²) in [7, 11) is 2.08. The van der Waals surface area contributed by atoms with Crippen LogP contribution in [0.15, 0.2) is 28.7 Å². The molecule has 1 atom stereocenters. The van der Waals surface area contributed by atoms with Crippen molar-refractivity contribution < 1.29 is 0 Å². The number of nitrogens with one attached hydrogen (secondary N) is 1. The van der Waals surface area contributed by atoms with E-state index in [9.17, 15) is 0 Å². The van der Waals surface area contributed by atoms with Crippen molar-refractivity contribution in [3.63, 3.8) is 0 Å². The lowest BCUT2D eigenvalue weighted by molar-refractivity contribution is 0.482. The third-order valence-electron chi connectivity index (χ3n) is 3.44. The number of benzene rings is 1. The van der Waals surface area contributed by atoms with Gasteiger partial charge in [0, 0.05) is 10.5 Å². The molecule has 0 aliphatic rings. The van der Waals surface area contributed by atoms with E-state index >= 15 is 0 Å². The normalized spacial score (nSPS) is 12.6. The average Bonchev–Trinajstić information content (AvgIpc) is 2.37. The van der Waals surface area contributed by atoms with E-state index in [0.717, 1.165) is 6.42 Å². The number of rotatable bonds is 9. The van der Waals surface area contributed by atoms with Gasteiger partial charge >= 0.3 is 0 Å². The topological polar surface area (TPSA) is 12.0 Å². The Morgan fingerprint density at radius 1 is 1.17 bits per heavy atom. The highest BCUT2D eigenvalue weighted by atomic mass is 79.9. The maximum atomic E-state index is 3.53. The average molecular weight is 312 g/mol. The van der Waals surface area contributed by atoms with Crippen molar-refractivity contribution in [1.29, 1.82) is 0 Å².